The maximum absolute atomic E-state index is 6.52. The molecular weight excluding hydrogens is 436 g/mol. The van der Waals surface area contributed by atoms with Gasteiger partial charge in [-0.3, -0.25) is 0 Å². The Kier molecular flexibility index (Phi) is 5.38. The van der Waals surface area contributed by atoms with Crippen LogP contribution in [-0.4, -0.2) is 24.9 Å². The molecule has 2 atom stereocenters. The number of hydrogen-bond acceptors (Lipinski definition) is 5. The van der Waals surface area contributed by atoms with Crippen LogP contribution in [0.15, 0.2) is 102 Å². The van der Waals surface area contributed by atoms with Crippen LogP contribution < -0.4 is 14.2 Å². The van der Waals surface area contributed by atoms with Crippen LogP contribution in [0.3, 0.4) is 0 Å². The third-order valence-corrected chi connectivity index (χ3v) is 6.72. The Morgan fingerprint density at radius 1 is 0.800 bits per heavy atom. The second kappa shape index (κ2) is 8.84. The zero-order chi connectivity index (χ0) is 23.8. The van der Waals surface area contributed by atoms with Gasteiger partial charge in [-0.05, 0) is 29.3 Å². The number of rotatable bonds is 5. The number of fused-ring (bicyclic) bond motifs is 3. The molecule has 0 N–H and O–H groups in total. The van der Waals surface area contributed by atoms with E-state index in [0.717, 1.165) is 46.1 Å². The van der Waals surface area contributed by atoms with E-state index >= 15 is 0 Å². The van der Waals surface area contributed by atoms with Crippen molar-refractivity contribution in [3.8, 4) is 28.4 Å². The molecule has 0 unspecified atom stereocenters. The predicted octanol–water partition coefficient (Wildman–Crippen LogP) is 6.61. The van der Waals surface area contributed by atoms with Crippen molar-refractivity contribution in [3.63, 3.8) is 0 Å². The number of ether oxygens (including phenoxy) is 3. The first kappa shape index (κ1) is 21.3. The molecule has 0 radical (unpaired) electrons. The van der Waals surface area contributed by atoms with E-state index in [1.807, 2.05) is 36.4 Å². The minimum absolute atomic E-state index is 0.0838. The summed E-state index contributed by atoms with van der Waals surface area (Å²) >= 11 is 0. The van der Waals surface area contributed by atoms with Crippen LogP contribution in [0.5, 0.6) is 17.2 Å². The van der Waals surface area contributed by atoms with Crippen molar-refractivity contribution in [2.24, 2.45) is 5.10 Å². The van der Waals surface area contributed by atoms with E-state index in [2.05, 4.69) is 65.7 Å². The van der Waals surface area contributed by atoms with Crippen molar-refractivity contribution in [1.82, 2.24) is 5.01 Å². The number of hydrazone groups is 1. The lowest BCUT2D eigenvalue weighted by atomic mass is 9.95. The van der Waals surface area contributed by atoms with Gasteiger partial charge < -0.3 is 14.2 Å². The molecule has 0 bridgehead atoms. The standard InChI is InChI=1S/C30H26N2O3/c1-33-23-16-17-24(29(18-23)34-2)26-19-27-25-10-6-7-11-28(25)35-30(32(27)31-26)22-14-12-21(13-15-22)20-8-4-3-5-9-20/h3-18,27,30H,19H2,1-2H3/t27-,30-/m0/s1. The highest BCUT2D eigenvalue weighted by atomic mass is 16.5. The predicted molar refractivity (Wildman–Crippen MR) is 137 cm³/mol. The molecule has 0 aliphatic carbocycles. The Balaban J connectivity index is 1.39. The molecule has 0 saturated carbocycles. The molecule has 4 aromatic rings. The molecule has 0 saturated heterocycles. The maximum Gasteiger partial charge on any atom is 0.213 e. The summed E-state index contributed by atoms with van der Waals surface area (Å²) in [7, 11) is 3.33. The molecule has 2 aliphatic rings. The van der Waals surface area contributed by atoms with E-state index in [1.54, 1.807) is 14.2 Å². The van der Waals surface area contributed by atoms with Crippen LogP contribution in [0.2, 0.25) is 0 Å². The average molecular weight is 463 g/mol. The van der Waals surface area contributed by atoms with Crippen LogP contribution in [-0.2, 0) is 0 Å². The average Bonchev–Trinajstić information content (AvgIpc) is 3.38. The highest BCUT2D eigenvalue weighted by molar-refractivity contribution is 6.04. The molecule has 0 aromatic heterocycles. The summed E-state index contributed by atoms with van der Waals surface area (Å²) in [6.07, 6.45) is 0.447. The molecule has 0 fully saturated rings. The van der Waals surface area contributed by atoms with Gasteiger partial charge in [0.05, 0.1) is 26.0 Å². The van der Waals surface area contributed by atoms with Gasteiger partial charge in [0, 0.05) is 29.2 Å². The van der Waals surface area contributed by atoms with Gasteiger partial charge in [0.2, 0.25) is 6.23 Å². The molecule has 5 nitrogen and oxygen atoms in total. The second-order valence-corrected chi connectivity index (χ2v) is 8.71. The van der Waals surface area contributed by atoms with Crippen LogP contribution >= 0.6 is 0 Å². The van der Waals surface area contributed by atoms with Gasteiger partial charge in [0.15, 0.2) is 0 Å². The van der Waals surface area contributed by atoms with Gasteiger partial charge in [-0.2, -0.15) is 5.10 Å². The molecule has 0 amide bonds. The molecule has 2 aliphatic heterocycles. The first-order chi connectivity index (χ1) is 17.2. The molecule has 6 rings (SSSR count). The highest BCUT2D eigenvalue weighted by Gasteiger charge is 2.41. The third kappa shape index (κ3) is 3.79. The molecule has 2 heterocycles. The molecular formula is C30H26N2O3. The zero-order valence-corrected chi connectivity index (χ0v) is 19.7. The minimum atomic E-state index is -0.318. The summed E-state index contributed by atoms with van der Waals surface area (Å²) < 4.78 is 17.6. The van der Waals surface area contributed by atoms with E-state index in [4.69, 9.17) is 19.3 Å². The maximum atomic E-state index is 6.52. The first-order valence-corrected chi connectivity index (χ1v) is 11.7. The number of hydrogen-bond donors (Lipinski definition) is 0. The van der Waals surface area contributed by atoms with Crippen molar-refractivity contribution < 1.29 is 14.2 Å². The van der Waals surface area contributed by atoms with E-state index in [0.29, 0.717) is 0 Å². The lowest BCUT2D eigenvalue weighted by Crippen LogP contribution is -2.33. The molecule has 35 heavy (non-hydrogen) atoms. The molecule has 174 valence electrons. The summed E-state index contributed by atoms with van der Waals surface area (Å²) in [5, 5.41) is 7.18. The van der Waals surface area contributed by atoms with Gasteiger partial charge in [-0.15, -0.1) is 0 Å². The summed E-state index contributed by atoms with van der Waals surface area (Å²) in [5.74, 6) is 2.41. The summed E-state index contributed by atoms with van der Waals surface area (Å²) in [4.78, 5) is 0. The Bertz CT molecular complexity index is 1380. The topological polar surface area (TPSA) is 43.3 Å². The van der Waals surface area contributed by atoms with Gasteiger partial charge in [-0.25, -0.2) is 5.01 Å². The summed E-state index contributed by atoms with van der Waals surface area (Å²) in [6, 6.07) is 33.2. The van der Waals surface area contributed by atoms with Crippen molar-refractivity contribution in [1.29, 1.82) is 0 Å². The Labute approximate surface area is 205 Å². The Hall–Kier alpha value is -4.25. The molecule has 5 heteroatoms. The van der Waals surface area contributed by atoms with Gasteiger partial charge in [-0.1, -0.05) is 72.8 Å². The highest BCUT2D eigenvalue weighted by Crippen LogP contribution is 2.48. The van der Waals surface area contributed by atoms with Crippen LogP contribution in [0.25, 0.3) is 11.1 Å². The monoisotopic (exact) mass is 462 g/mol. The number of nitrogens with zero attached hydrogens (tertiary/aromatic N) is 2. The summed E-state index contributed by atoms with van der Waals surface area (Å²) in [5.41, 5.74) is 6.53. The van der Waals surface area contributed by atoms with Crippen molar-refractivity contribution in [3.05, 3.63) is 114 Å². The lowest BCUT2D eigenvalue weighted by molar-refractivity contribution is -0.0190. The first-order valence-electron chi connectivity index (χ1n) is 11.7. The SMILES string of the molecule is COc1ccc(C2=NN3[C@@H](C2)c2ccccc2O[C@H]3c2ccc(-c3ccccc3)cc2)c(OC)c1. The van der Waals surface area contributed by atoms with E-state index in [9.17, 15) is 0 Å². The second-order valence-electron chi connectivity index (χ2n) is 8.71. The van der Waals surface area contributed by atoms with E-state index < -0.39 is 0 Å². The van der Waals surface area contributed by atoms with E-state index in [1.165, 1.54) is 11.1 Å². The van der Waals surface area contributed by atoms with Crippen LogP contribution in [0.1, 0.15) is 35.4 Å². The van der Waals surface area contributed by atoms with Crippen molar-refractivity contribution in [2.45, 2.75) is 18.7 Å². The fourth-order valence-electron chi connectivity index (χ4n) is 4.92. The Morgan fingerprint density at radius 2 is 1.54 bits per heavy atom. The minimum Gasteiger partial charge on any atom is -0.497 e. The lowest BCUT2D eigenvalue weighted by Gasteiger charge is -2.38. The largest absolute Gasteiger partial charge is 0.497 e. The fourth-order valence-corrected chi connectivity index (χ4v) is 4.92. The van der Waals surface area contributed by atoms with Gasteiger partial charge in [0.25, 0.3) is 0 Å². The van der Waals surface area contributed by atoms with Crippen molar-refractivity contribution in [2.75, 3.05) is 14.2 Å². The normalized spacial score (nSPS) is 18.2. The van der Waals surface area contributed by atoms with Crippen LogP contribution in [0, 0.1) is 0 Å². The third-order valence-electron chi connectivity index (χ3n) is 6.72. The number of methoxy groups -OCH3 is 2. The Morgan fingerprint density at radius 3 is 2.31 bits per heavy atom. The molecule has 4 aromatic carbocycles. The fraction of sp³-hybridized carbons (Fsp3) is 0.167. The van der Waals surface area contributed by atoms with Gasteiger partial charge >= 0.3 is 0 Å². The summed E-state index contributed by atoms with van der Waals surface area (Å²) in [6.45, 7) is 0. The smallest absolute Gasteiger partial charge is 0.213 e. The van der Waals surface area contributed by atoms with Crippen molar-refractivity contribution >= 4 is 5.71 Å². The van der Waals surface area contributed by atoms with Gasteiger partial charge in [0.1, 0.15) is 17.2 Å². The quantitative estimate of drug-likeness (QED) is 0.335. The number of benzene rings is 4. The molecule has 0 spiro atoms. The van der Waals surface area contributed by atoms with E-state index in [-0.39, 0.29) is 12.3 Å². The number of para-hydroxylation sites is 1. The zero-order valence-electron chi connectivity index (χ0n) is 19.7. The van der Waals surface area contributed by atoms with Crippen LogP contribution in [0.4, 0.5) is 0 Å².